The number of carbonyl (C=O) groups is 1. The van der Waals surface area contributed by atoms with Crippen LogP contribution in [0.4, 0.5) is 5.82 Å². The van der Waals surface area contributed by atoms with Crippen molar-refractivity contribution in [2.45, 2.75) is 19.3 Å². The Kier molecular flexibility index (Phi) is 3.58. The number of nitrogens with one attached hydrogen (secondary N) is 2. The van der Waals surface area contributed by atoms with Crippen LogP contribution in [0.15, 0.2) is 36.4 Å². The summed E-state index contributed by atoms with van der Waals surface area (Å²) in [7, 11) is 0. The van der Waals surface area contributed by atoms with Gasteiger partial charge < -0.3 is 10.7 Å². The summed E-state index contributed by atoms with van der Waals surface area (Å²) in [4.78, 5) is 16.4. The van der Waals surface area contributed by atoms with Crippen LogP contribution < -0.4 is 16.6 Å². The number of anilines is 1. The largest absolute Gasteiger partial charge is 0.351 e. The van der Waals surface area contributed by atoms with Gasteiger partial charge in [0.05, 0.1) is 0 Å². The highest BCUT2D eigenvalue weighted by Gasteiger charge is 2.25. The second-order valence-corrected chi connectivity index (χ2v) is 5.34. The van der Waals surface area contributed by atoms with Crippen LogP contribution in [0.25, 0.3) is 0 Å². The number of nitrogens with zero attached hydrogens (tertiary/aromatic N) is 1. The van der Waals surface area contributed by atoms with Gasteiger partial charge in [0.15, 0.2) is 0 Å². The summed E-state index contributed by atoms with van der Waals surface area (Å²) < 4.78 is 0. The zero-order valence-electron chi connectivity index (χ0n) is 11.9. The number of nitrogen functional groups attached to an aromatic ring is 1. The van der Waals surface area contributed by atoms with Crippen LogP contribution in [0.5, 0.6) is 0 Å². The van der Waals surface area contributed by atoms with Gasteiger partial charge in [0, 0.05) is 23.7 Å². The molecule has 1 aromatic heterocycles. The van der Waals surface area contributed by atoms with Gasteiger partial charge in [-0.2, -0.15) is 0 Å². The molecule has 1 unspecified atom stereocenters. The first-order valence-corrected chi connectivity index (χ1v) is 6.98. The van der Waals surface area contributed by atoms with Crippen molar-refractivity contribution in [3.63, 3.8) is 0 Å². The monoisotopic (exact) mass is 282 g/mol. The SMILES string of the molecule is Cc1cc(C(=O)NCC2Cc3ccccc32)cc(NN)n1. The Bertz CT molecular complexity index is 684. The Labute approximate surface area is 123 Å². The summed E-state index contributed by atoms with van der Waals surface area (Å²) in [6.45, 7) is 2.49. The zero-order chi connectivity index (χ0) is 14.8. The number of amides is 1. The maximum atomic E-state index is 12.2. The van der Waals surface area contributed by atoms with Gasteiger partial charge in [-0.1, -0.05) is 24.3 Å². The number of pyridine rings is 1. The number of fused-ring (bicyclic) bond motifs is 1. The summed E-state index contributed by atoms with van der Waals surface area (Å²) in [5.41, 5.74) is 6.52. The van der Waals surface area contributed by atoms with Crippen LogP contribution in [-0.2, 0) is 6.42 Å². The average molecular weight is 282 g/mol. The number of rotatable bonds is 4. The molecule has 0 aliphatic heterocycles. The summed E-state index contributed by atoms with van der Waals surface area (Å²) in [6.07, 6.45) is 1.03. The van der Waals surface area contributed by atoms with Crippen LogP contribution in [-0.4, -0.2) is 17.4 Å². The van der Waals surface area contributed by atoms with Gasteiger partial charge in [0.1, 0.15) is 5.82 Å². The predicted octanol–water partition coefficient (Wildman–Crippen LogP) is 1.75. The molecule has 1 aliphatic carbocycles. The lowest BCUT2D eigenvalue weighted by molar-refractivity contribution is 0.0950. The first-order valence-electron chi connectivity index (χ1n) is 6.98. The average Bonchev–Trinajstić information content (AvgIpc) is 2.47. The fraction of sp³-hybridized carbons (Fsp3) is 0.250. The van der Waals surface area contributed by atoms with E-state index in [-0.39, 0.29) is 5.91 Å². The van der Waals surface area contributed by atoms with Crippen molar-refractivity contribution in [3.05, 3.63) is 58.8 Å². The highest BCUT2D eigenvalue weighted by atomic mass is 16.1. The van der Waals surface area contributed by atoms with E-state index in [4.69, 9.17) is 5.84 Å². The first kappa shape index (κ1) is 13.6. The molecule has 108 valence electrons. The van der Waals surface area contributed by atoms with Gasteiger partial charge in [0.2, 0.25) is 0 Å². The molecule has 1 aliphatic rings. The van der Waals surface area contributed by atoms with Crippen LogP contribution >= 0.6 is 0 Å². The highest BCUT2D eigenvalue weighted by molar-refractivity contribution is 5.95. The third-order valence-corrected chi connectivity index (χ3v) is 3.83. The quantitative estimate of drug-likeness (QED) is 0.589. The number of aromatic nitrogens is 1. The molecule has 5 nitrogen and oxygen atoms in total. The van der Waals surface area contributed by atoms with E-state index in [0.717, 1.165) is 12.1 Å². The molecule has 1 atom stereocenters. The summed E-state index contributed by atoms with van der Waals surface area (Å²) in [5.74, 6) is 6.16. The molecule has 1 heterocycles. The molecule has 3 rings (SSSR count). The van der Waals surface area contributed by atoms with Crippen molar-refractivity contribution in [3.8, 4) is 0 Å². The summed E-state index contributed by atoms with van der Waals surface area (Å²) in [5, 5.41) is 2.99. The van der Waals surface area contributed by atoms with Crippen LogP contribution in [0.2, 0.25) is 0 Å². The molecule has 0 fully saturated rings. The lowest BCUT2D eigenvalue weighted by atomic mass is 9.77. The molecule has 21 heavy (non-hydrogen) atoms. The number of benzene rings is 1. The number of hydrogen-bond acceptors (Lipinski definition) is 4. The maximum absolute atomic E-state index is 12.2. The van der Waals surface area contributed by atoms with Crippen LogP contribution in [0.1, 0.15) is 33.1 Å². The standard InChI is InChI=1S/C16H18N4O/c1-10-6-12(8-15(19-10)20-17)16(21)18-9-13-7-11-4-2-3-5-14(11)13/h2-6,8,13H,7,9,17H2,1H3,(H,18,21)(H,19,20). The van der Waals surface area contributed by atoms with E-state index in [2.05, 4.69) is 33.9 Å². The Balaban J connectivity index is 1.64. The van der Waals surface area contributed by atoms with Crippen molar-refractivity contribution in [1.29, 1.82) is 0 Å². The smallest absolute Gasteiger partial charge is 0.251 e. The molecule has 0 saturated heterocycles. The summed E-state index contributed by atoms with van der Waals surface area (Å²) in [6, 6.07) is 11.8. The molecule has 1 aromatic carbocycles. The number of hydrazine groups is 1. The number of nitrogens with two attached hydrogens (primary N) is 1. The molecular weight excluding hydrogens is 264 g/mol. The van der Waals surface area contributed by atoms with E-state index in [1.807, 2.05) is 13.0 Å². The number of carbonyl (C=O) groups excluding carboxylic acids is 1. The molecule has 2 aromatic rings. The lowest BCUT2D eigenvalue weighted by Gasteiger charge is -2.30. The van der Waals surface area contributed by atoms with Gasteiger partial charge in [-0.25, -0.2) is 10.8 Å². The maximum Gasteiger partial charge on any atom is 0.251 e. The van der Waals surface area contributed by atoms with E-state index in [1.165, 1.54) is 11.1 Å². The second-order valence-electron chi connectivity index (χ2n) is 5.34. The Hall–Kier alpha value is -2.40. The van der Waals surface area contributed by atoms with Crippen molar-refractivity contribution in [2.24, 2.45) is 5.84 Å². The minimum atomic E-state index is -0.0959. The fourth-order valence-electron chi connectivity index (χ4n) is 2.74. The van der Waals surface area contributed by atoms with Gasteiger partial charge in [-0.05, 0) is 36.6 Å². The first-order chi connectivity index (χ1) is 10.2. The highest BCUT2D eigenvalue weighted by Crippen LogP contribution is 2.34. The van der Waals surface area contributed by atoms with Gasteiger partial charge >= 0.3 is 0 Å². The second kappa shape index (κ2) is 5.54. The molecule has 0 bridgehead atoms. The molecule has 0 spiro atoms. The van der Waals surface area contributed by atoms with Gasteiger partial charge in [0.25, 0.3) is 5.91 Å². The predicted molar refractivity (Wildman–Crippen MR) is 82.0 cm³/mol. The fourth-order valence-corrected chi connectivity index (χ4v) is 2.74. The van der Waals surface area contributed by atoms with Crippen molar-refractivity contribution >= 4 is 11.7 Å². The molecule has 4 N–H and O–H groups in total. The zero-order valence-corrected chi connectivity index (χ0v) is 11.9. The molecule has 0 radical (unpaired) electrons. The number of hydrogen-bond donors (Lipinski definition) is 3. The van der Waals surface area contributed by atoms with Crippen LogP contribution in [0.3, 0.4) is 0 Å². The minimum Gasteiger partial charge on any atom is -0.351 e. The molecule has 5 heteroatoms. The third kappa shape index (κ3) is 2.73. The van der Waals surface area contributed by atoms with E-state index in [1.54, 1.807) is 12.1 Å². The van der Waals surface area contributed by atoms with Crippen molar-refractivity contribution in [1.82, 2.24) is 10.3 Å². The van der Waals surface area contributed by atoms with Crippen LogP contribution in [0, 0.1) is 6.92 Å². The molecule has 0 saturated carbocycles. The van der Waals surface area contributed by atoms with Crippen molar-refractivity contribution in [2.75, 3.05) is 12.0 Å². The van der Waals surface area contributed by atoms with E-state index < -0.39 is 0 Å². The topological polar surface area (TPSA) is 80.0 Å². The minimum absolute atomic E-state index is 0.0959. The Morgan fingerprint density at radius 3 is 2.95 bits per heavy atom. The van der Waals surface area contributed by atoms with Gasteiger partial charge in [-0.3, -0.25) is 4.79 Å². The van der Waals surface area contributed by atoms with Gasteiger partial charge in [-0.15, -0.1) is 0 Å². The van der Waals surface area contributed by atoms with Crippen molar-refractivity contribution < 1.29 is 4.79 Å². The molecule has 1 amide bonds. The van der Waals surface area contributed by atoms with E-state index >= 15 is 0 Å². The van der Waals surface area contributed by atoms with E-state index in [9.17, 15) is 4.79 Å². The normalized spacial score (nSPS) is 15.8. The number of aryl methyl sites for hydroxylation is 1. The third-order valence-electron chi connectivity index (χ3n) is 3.83. The lowest BCUT2D eigenvalue weighted by Crippen LogP contribution is -2.33. The molecular formula is C16H18N4O. The Morgan fingerprint density at radius 1 is 1.38 bits per heavy atom. The van der Waals surface area contributed by atoms with E-state index in [0.29, 0.717) is 23.8 Å². The summed E-state index contributed by atoms with van der Waals surface area (Å²) >= 11 is 0. The Morgan fingerprint density at radius 2 is 2.19 bits per heavy atom.